The summed E-state index contributed by atoms with van der Waals surface area (Å²) in [5.41, 5.74) is -0.326. The van der Waals surface area contributed by atoms with Crippen molar-refractivity contribution in [3.63, 3.8) is 0 Å². The third kappa shape index (κ3) is 3.43. The quantitative estimate of drug-likeness (QED) is 0.410. The molecule has 2 aliphatic heterocycles. The van der Waals surface area contributed by atoms with Crippen LogP contribution in [0.25, 0.3) is 0 Å². The second-order valence-corrected chi connectivity index (χ2v) is 7.78. The standard InChI is InChI=1S/C19H16N4O6S/c24-16(20-5-7-21(8-6-20)19(27)15-2-1-9-30-15)11-22-17(25)13-4-3-12(23(28)29)10-14(13)18(22)26/h1-4,9-10H,5-8,11H2. The Kier molecular flexibility index (Phi) is 5.04. The van der Waals surface area contributed by atoms with Gasteiger partial charge in [-0.05, 0) is 17.5 Å². The topological polar surface area (TPSA) is 121 Å². The van der Waals surface area contributed by atoms with Gasteiger partial charge in [-0.15, -0.1) is 11.3 Å². The minimum Gasteiger partial charge on any atom is -0.338 e. The summed E-state index contributed by atoms with van der Waals surface area (Å²) in [6.07, 6.45) is 0. The molecule has 4 amide bonds. The summed E-state index contributed by atoms with van der Waals surface area (Å²) < 4.78 is 0. The summed E-state index contributed by atoms with van der Waals surface area (Å²) in [6.45, 7) is 0.863. The number of thiophene rings is 1. The molecule has 0 unspecified atom stereocenters. The lowest BCUT2D eigenvalue weighted by atomic mass is 10.1. The molecule has 0 spiro atoms. The SMILES string of the molecule is O=C(CN1C(=O)c2ccc([N+](=O)[O-])cc2C1=O)N1CCN(C(=O)c2cccs2)CC1. The zero-order valence-corrected chi connectivity index (χ0v) is 16.5. The molecule has 154 valence electrons. The van der Waals surface area contributed by atoms with Crippen LogP contribution >= 0.6 is 11.3 Å². The van der Waals surface area contributed by atoms with Crippen molar-refractivity contribution in [3.05, 3.63) is 61.8 Å². The van der Waals surface area contributed by atoms with Gasteiger partial charge >= 0.3 is 0 Å². The highest BCUT2D eigenvalue weighted by Gasteiger charge is 2.39. The average molecular weight is 428 g/mol. The summed E-state index contributed by atoms with van der Waals surface area (Å²) in [7, 11) is 0. The van der Waals surface area contributed by atoms with Gasteiger partial charge in [-0.2, -0.15) is 0 Å². The van der Waals surface area contributed by atoms with Crippen LogP contribution in [-0.2, 0) is 4.79 Å². The van der Waals surface area contributed by atoms with Gasteiger partial charge in [0, 0.05) is 38.3 Å². The molecule has 0 radical (unpaired) electrons. The van der Waals surface area contributed by atoms with Crippen LogP contribution in [-0.4, -0.2) is 76.0 Å². The number of benzene rings is 1. The molecular formula is C19H16N4O6S. The van der Waals surface area contributed by atoms with E-state index in [9.17, 15) is 29.3 Å². The second kappa shape index (κ2) is 7.67. The van der Waals surface area contributed by atoms with Crippen molar-refractivity contribution in [1.82, 2.24) is 14.7 Å². The number of non-ortho nitro benzene ring substituents is 1. The summed E-state index contributed by atoms with van der Waals surface area (Å²) >= 11 is 1.35. The molecule has 2 aliphatic rings. The first-order chi connectivity index (χ1) is 14.4. The zero-order chi connectivity index (χ0) is 21.4. The van der Waals surface area contributed by atoms with E-state index in [2.05, 4.69) is 0 Å². The van der Waals surface area contributed by atoms with Gasteiger partial charge in [0.2, 0.25) is 5.91 Å². The van der Waals surface area contributed by atoms with E-state index in [-0.39, 0.29) is 22.7 Å². The van der Waals surface area contributed by atoms with Gasteiger partial charge in [-0.3, -0.25) is 34.2 Å². The molecule has 0 saturated carbocycles. The lowest BCUT2D eigenvalue weighted by Crippen LogP contribution is -2.53. The summed E-state index contributed by atoms with van der Waals surface area (Å²) in [6, 6.07) is 6.98. The molecule has 1 aromatic heterocycles. The zero-order valence-electron chi connectivity index (χ0n) is 15.6. The lowest BCUT2D eigenvalue weighted by molar-refractivity contribution is -0.384. The van der Waals surface area contributed by atoms with Crippen molar-refractivity contribution in [1.29, 1.82) is 0 Å². The maximum atomic E-state index is 12.6. The van der Waals surface area contributed by atoms with Crippen molar-refractivity contribution in [2.45, 2.75) is 0 Å². The van der Waals surface area contributed by atoms with E-state index in [4.69, 9.17) is 0 Å². The smallest absolute Gasteiger partial charge is 0.270 e. The number of piperazine rings is 1. The third-order valence-corrected chi connectivity index (χ3v) is 5.97. The second-order valence-electron chi connectivity index (χ2n) is 6.83. The number of imide groups is 1. The van der Waals surface area contributed by atoms with Crippen molar-refractivity contribution in [3.8, 4) is 0 Å². The number of rotatable bonds is 4. The molecule has 1 aromatic carbocycles. The number of carbonyl (C=O) groups is 4. The van der Waals surface area contributed by atoms with Gasteiger partial charge in [0.25, 0.3) is 23.4 Å². The summed E-state index contributed by atoms with van der Waals surface area (Å²) in [5, 5.41) is 12.7. The first kappa shape index (κ1) is 19.7. The molecule has 10 nitrogen and oxygen atoms in total. The third-order valence-electron chi connectivity index (χ3n) is 5.11. The largest absolute Gasteiger partial charge is 0.338 e. The van der Waals surface area contributed by atoms with Gasteiger partial charge in [0.1, 0.15) is 6.54 Å². The Bertz CT molecular complexity index is 1060. The minimum atomic E-state index is -0.724. The number of nitro benzene ring substituents is 1. The molecular weight excluding hydrogens is 412 g/mol. The monoisotopic (exact) mass is 428 g/mol. The van der Waals surface area contributed by atoms with Crippen molar-refractivity contribution in [2.24, 2.45) is 0 Å². The van der Waals surface area contributed by atoms with Crippen LogP contribution in [0.2, 0.25) is 0 Å². The Labute approximate surface area is 174 Å². The fourth-order valence-electron chi connectivity index (χ4n) is 3.49. The Morgan fingerprint density at radius 1 is 1.00 bits per heavy atom. The number of nitro groups is 1. The van der Waals surface area contributed by atoms with Gasteiger partial charge in [-0.25, -0.2) is 0 Å². The highest BCUT2D eigenvalue weighted by atomic mass is 32.1. The molecule has 30 heavy (non-hydrogen) atoms. The van der Waals surface area contributed by atoms with E-state index in [0.29, 0.717) is 31.1 Å². The van der Waals surface area contributed by atoms with Gasteiger partial charge in [0.15, 0.2) is 0 Å². The van der Waals surface area contributed by atoms with Crippen LogP contribution < -0.4 is 0 Å². The van der Waals surface area contributed by atoms with Crippen molar-refractivity contribution in [2.75, 3.05) is 32.7 Å². The van der Waals surface area contributed by atoms with E-state index in [1.165, 1.54) is 22.3 Å². The molecule has 11 heteroatoms. The Balaban J connectivity index is 1.39. The molecule has 0 aliphatic carbocycles. The van der Waals surface area contributed by atoms with E-state index >= 15 is 0 Å². The fourth-order valence-corrected chi connectivity index (χ4v) is 4.18. The van der Waals surface area contributed by atoms with Gasteiger partial charge < -0.3 is 9.80 Å². The fraction of sp³-hybridized carbons (Fsp3) is 0.263. The summed E-state index contributed by atoms with van der Waals surface area (Å²) in [4.78, 5) is 64.9. The van der Waals surface area contributed by atoms with Gasteiger partial charge in [-0.1, -0.05) is 6.07 Å². The molecule has 1 saturated heterocycles. The molecule has 2 aromatic rings. The maximum absolute atomic E-state index is 12.6. The number of fused-ring (bicyclic) bond motifs is 1. The molecule has 3 heterocycles. The number of hydrogen-bond acceptors (Lipinski definition) is 7. The van der Waals surface area contributed by atoms with Crippen LogP contribution in [0.15, 0.2) is 35.7 Å². The predicted molar refractivity (Wildman–Crippen MR) is 105 cm³/mol. The highest BCUT2D eigenvalue weighted by Crippen LogP contribution is 2.27. The predicted octanol–water partition coefficient (Wildman–Crippen LogP) is 1.24. The molecule has 1 fully saturated rings. The Hall–Kier alpha value is -3.60. The Morgan fingerprint density at radius 2 is 1.67 bits per heavy atom. The normalized spacial score (nSPS) is 16.1. The maximum Gasteiger partial charge on any atom is 0.270 e. The molecule has 0 atom stereocenters. The van der Waals surface area contributed by atoms with E-state index in [1.807, 2.05) is 5.38 Å². The van der Waals surface area contributed by atoms with Crippen LogP contribution in [0, 0.1) is 10.1 Å². The number of amides is 4. The number of nitrogens with zero attached hydrogens (tertiary/aromatic N) is 4. The van der Waals surface area contributed by atoms with E-state index in [1.54, 1.807) is 17.0 Å². The number of hydrogen-bond donors (Lipinski definition) is 0. The molecule has 4 rings (SSSR count). The first-order valence-electron chi connectivity index (χ1n) is 9.12. The van der Waals surface area contributed by atoms with E-state index < -0.39 is 29.2 Å². The minimum absolute atomic E-state index is 0.0461. The van der Waals surface area contributed by atoms with Crippen LogP contribution in [0.4, 0.5) is 5.69 Å². The van der Waals surface area contributed by atoms with Crippen LogP contribution in [0.1, 0.15) is 30.4 Å². The molecule has 0 bridgehead atoms. The number of carbonyl (C=O) groups excluding carboxylic acids is 4. The highest BCUT2D eigenvalue weighted by molar-refractivity contribution is 7.12. The van der Waals surface area contributed by atoms with E-state index in [0.717, 1.165) is 17.0 Å². The Morgan fingerprint density at radius 3 is 2.30 bits per heavy atom. The average Bonchev–Trinajstić information content (AvgIpc) is 3.37. The van der Waals surface area contributed by atoms with Crippen LogP contribution in [0.5, 0.6) is 0 Å². The van der Waals surface area contributed by atoms with Crippen molar-refractivity contribution < 1.29 is 24.1 Å². The lowest BCUT2D eigenvalue weighted by Gasteiger charge is -2.35. The van der Waals surface area contributed by atoms with Gasteiger partial charge in [0.05, 0.1) is 20.9 Å². The first-order valence-corrected chi connectivity index (χ1v) is 10.00. The summed E-state index contributed by atoms with van der Waals surface area (Å²) in [5.74, 6) is -1.87. The van der Waals surface area contributed by atoms with Crippen molar-refractivity contribution >= 4 is 40.7 Å². The molecule has 0 N–H and O–H groups in total. The van der Waals surface area contributed by atoms with Crippen LogP contribution in [0.3, 0.4) is 0 Å².